The molecule has 1 saturated heterocycles. The second-order valence-corrected chi connectivity index (χ2v) is 8.72. The number of carbonyl (C=O) groups excluding carboxylic acids is 1. The Bertz CT molecular complexity index is 954. The van der Waals surface area contributed by atoms with Gasteiger partial charge in [-0.15, -0.1) is 0 Å². The molecular formula is C20H23ClN2O4S. The zero-order valence-corrected chi connectivity index (χ0v) is 17.2. The minimum Gasteiger partial charge on any atom is -0.495 e. The van der Waals surface area contributed by atoms with Crippen molar-refractivity contribution in [2.24, 2.45) is 0 Å². The van der Waals surface area contributed by atoms with Crippen molar-refractivity contribution in [2.75, 3.05) is 24.9 Å². The molecule has 0 aromatic heterocycles. The Balaban J connectivity index is 1.90. The summed E-state index contributed by atoms with van der Waals surface area (Å²) < 4.78 is 33.5. The van der Waals surface area contributed by atoms with E-state index in [4.69, 9.17) is 16.3 Å². The highest BCUT2D eigenvalue weighted by molar-refractivity contribution is 7.92. The minimum atomic E-state index is -4.00. The molecule has 150 valence electrons. The number of hydrogen-bond donors (Lipinski definition) is 1. The second-order valence-electron chi connectivity index (χ2n) is 6.66. The summed E-state index contributed by atoms with van der Waals surface area (Å²) in [5.41, 5.74) is 0.608. The monoisotopic (exact) mass is 422 g/mol. The van der Waals surface area contributed by atoms with Crippen molar-refractivity contribution in [1.29, 1.82) is 0 Å². The van der Waals surface area contributed by atoms with E-state index in [9.17, 15) is 13.2 Å². The Morgan fingerprint density at radius 2 is 1.75 bits per heavy atom. The van der Waals surface area contributed by atoms with Gasteiger partial charge in [0, 0.05) is 18.7 Å². The maximum Gasteiger partial charge on any atom is 0.263 e. The maximum atomic E-state index is 12.9. The summed E-state index contributed by atoms with van der Waals surface area (Å²) in [5, 5.41) is 0.0508. The van der Waals surface area contributed by atoms with E-state index in [1.54, 1.807) is 35.2 Å². The first kappa shape index (κ1) is 20.5. The number of hydrogen-bond acceptors (Lipinski definition) is 4. The molecule has 1 amide bonds. The number of carbonyl (C=O) groups is 1. The molecule has 0 bridgehead atoms. The topological polar surface area (TPSA) is 75.7 Å². The van der Waals surface area contributed by atoms with Gasteiger partial charge in [0.05, 0.1) is 17.8 Å². The molecule has 0 aliphatic carbocycles. The third-order valence-electron chi connectivity index (χ3n) is 4.71. The predicted octanol–water partition coefficient (Wildman–Crippen LogP) is 4.17. The van der Waals surface area contributed by atoms with Crippen molar-refractivity contribution >= 4 is 33.2 Å². The Morgan fingerprint density at radius 3 is 2.43 bits per heavy atom. The van der Waals surface area contributed by atoms with Crippen molar-refractivity contribution in [1.82, 2.24) is 4.90 Å². The van der Waals surface area contributed by atoms with E-state index in [-0.39, 0.29) is 15.8 Å². The third kappa shape index (κ3) is 4.59. The summed E-state index contributed by atoms with van der Waals surface area (Å²) in [6, 6.07) is 11.0. The van der Waals surface area contributed by atoms with E-state index in [2.05, 4.69) is 4.72 Å². The van der Waals surface area contributed by atoms with E-state index < -0.39 is 10.0 Å². The number of benzene rings is 2. The van der Waals surface area contributed by atoms with Crippen molar-refractivity contribution in [2.45, 2.75) is 30.6 Å². The van der Waals surface area contributed by atoms with Crippen molar-refractivity contribution < 1.29 is 17.9 Å². The van der Waals surface area contributed by atoms with Gasteiger partial charge in [-0.1, -0.05) is 36.6 Å². The Morgan fingerprint density at radius 1 is 1.07 bits per heavy atom. The summed E-state index contributed by atoms with van der Waals surface area (Å²) in [6.45, 7) is 1.37. The van der Waals surface area contributed by atoms with Crippen LogP contribution < -0.4 is 9.46 Å². The average Bonchev–Trinajstić information content (AvgIpc) is 2.97. The van der Waals surface area contributed by atoms with Crippen LogP contribution in [0, 0.1) is 0 Å². The van der Waals surface area contributed by atoms with Crippen LogP contribution in [0.4, 0.5) is 5.69 Å². The number of rotatable bonds is 5. The molecule has 0 radical (unpaired) electrons. The molecule has 8 heteroatoms. The largest absolute Gasteiger partial charge is 0.495 e. The van der Waals surface area contributed by atoms with Gasteiger partial charge < -0.3 is 9.64 Å². The van der Waals surface area contributed by atoms with E-state index in [1.807, 2.05) is 0 Å². The molecule has 2 aromatic carbocycles. The number of sulfonamides is 1. The van der Waals surface area contributed by atoms with Gasteiger partial charge in [0.25, 0.3) is 15.9 Å². The molecule has 0 spiro atoms. The average molecular weight is 423 g/mol. The first-order valence-electron chi connectivity index (χ1n) is 9.17. The lowest BCUT2D eigenvalue weighted by molar-refractivity contribution is 0.0761. The van der Waals surface area contributed by atoms with Crippen molar-refractivity contribution in [3.8, 4) is 5.75 Å². The highest BCUT2D eigenvalue weighted by Gasteiger charge is 2.24. The van der Waals surface area contributed by atoms with Gasteiger partial charge >= 0.3 is 0 Å². The Labute approximate surface area is 170 Å². The van der Waals surface area contributed by atoms with Gasteiger partial charge in [-0.05, 0) is 43.2 Å². The summed E-state index contributed by atoms with van der Waals surface area (Å²) in [4.78, 5) is 14.5. The van der Waals surface area contributed by atoms with Crippen LogP contribution in [0.1, 0.15) is 36.0 Å². The fourth-order valence-corrected chi connectivity index (χ4v) is 4.82. The van der Waals surface area contributed by atoms with Gasteiger partial charge in [-0.25, -0.2) is 8.42 Å². The highest BCUT2D eigenvalue weighted by atomic mass is 35.5. The van der Waals surface area contributed by atoms with E-state index in [0.717, 1.165) is 25.7 Å². The molecule has 1 heterocycles. The van der Waals surface area contributed by atoms with Crippen LogP contribution in [-0.2, 0) is 10.0 Å². The summed E-state index contributed by atoms with van der Waals surface area (Å²) >= 11 is 6.16. The molecule has 28 heavy (non-hydrogen) atoms. The number of anilines is 1. The quantitative estimate of drug-likeness (QED) is 0.784. The normalized spacial score (nSPS) is 15.0. The van der Waals surface area contributed by atoms with Gasteiger partial charge in [0.2, 0.25) is 0 Å². The molecule has 3 rings (SSSR count). The molecular weight excluding hydrogens is 400 g/mol. The number of amides is 1. The van der Waals surface area contributed by atoms with Crippen LogP contribution in [0.3, 0.4) is 0 Å². The van der Waals surface area contributed by atoms with Gasteiger partial charge in [-0.2, -0.15) is 0 Å². The maximum absolute atomic E-state index is 12.9. The number of methoxy groups -OCH3 is 1. The zero-order chi connectivity index (χ0) is 20.1. The van der Waals surface area contributed by atoms with Crippen LogP contribution >= 0.6 is 11.6 Å². The molecule has 1 fully saturated rings. The summed E-state index contributed by atoms with van der Waals surface area (Å²) in [7, 11) is -2.54. The minimum absolute atomic E-state index is 0.0508. The fraction of sp³-hybridized carbons (Fsp3) is 0.350. The lowest BCUT2D eigenvalue weighted by atomic mass is 10.2. The molecule has 1 aliphatic rings. The Hall–Kier alpha value is -2.25. The number of likely N-dealkylation sites (tertiary alicyclic amines) is 1. The molecule has 1 aliphatic heterocycles. The van der Waals surface area contributed by atoms with Crippen LogP contribution in [0.25, 0.3) is 0 Å². The number of para-hydroxylation sites is 2. The first-order valence-corrected chi connectivity index (χ1v) is 11.0. The predicted molar refractivity (Wildman–Crippen MR) is 110 cm³/mol. The number of nitrogens with zero attached hydrogens (tertiary/aromatic N) is 1. The van der Waals surface area contributed by atoms with Gasteiger partial charge in [-0.3, -0.25) is 9.52 Å². The number of nitrogens with one attached hydrogen (secondary N) is 1. The fourth-order valence-electron chi connectivity index (χ4n) is 3.23. The smallest absolute Gasteiger partial charge is 0.263 e. The molecule has 0 atom stereocenters. The number of halogens is 1. The van der Waals surface area contributed by atoms with E-state index in [0.29, 0.717) is 30.1 Å². The molecule has 1 N–H and O–H groups in total. The van der Waals surface area contributed by atoms with Crippen molar-refractivity contribution in [3.63, 3.8) is 0 Å². The standard InChI is InChI=1S/C20H23ClN2O4S/c1-27-18-9-5-4-8-17(18)22-28(25,26)19-14-15(10-11-16(19)21)20(24)23-12-6-2-3-7-13-23/h4-5,8-11,14,22H,2-3,6-7,12-13H2,1H3. The van der Waals surface area contributed by atoms with E-state index in [1.165, 1.54) is 19.2 Å². The lowest BCUT2D eigenvalue weighted by Crippen LogP contribution is -2.32. The second kappa shape index (κ2) is 8.84. The van der Waals surface area contributed by atoms with Gasteiger partial charge in [0.1, 0.15) is 10.6 Å². The molecule has 0 unspecified atom stereocenters. The van der Waals surface area contributed by atoms with Crippen LogP contribution in [0.2, 0.25) is 5.02 Å². The van der Waals surface area contributed by atoms with Crippen LogP contribution in [0.15, 0.2) is 47.4 Å². The van der Waals surface area contributed by atoms with E-state index >= 15 is 0 Å². The highest BCUT2D eigenvalue weighted by Crippen LogP contribution is 2.29. The molecule has 6 nitrogen and oxygen atoms in total. The number of ether oxygens (including phenoxy) is 1. The zero-order valence-electron chi connectivity index (χ0n) is 15.7. The summed E-state index contributed by atoms with van der Waals surface area (Å²) in [5.74, 6) is 0.214. The first-order chi connectivity index (χ1) is 13.4. The molecule has 2 aromatic rings. The SMILES string of the molecule is COc1ccccc1NS(=O)(=O)c1cc(C(=O)N2CCCCCC2)ccc1Cl. The van der Waals surface area contributed by atoms with Crippen molar-refractivity contribution in [3.05, 3.63) is 53.1 Å². The van der Waals surface area contributed by atoms with Crippen LogP contribution in [0.5, 0.6) is 5.75 Å². The van der Waals surface area contributed by atoms with Gasteiger partial charge in [0.15, 0.2) is 0 Å². The van der Waals surface area contributed by atoms with Crippen LogP contribution in [-0.4, -0.2) is 39.4 Å². The Kier molecular flexibility index (Phi) is 6.46. The third-order valence-corrected chi connectivity index (χ3v) is 6.56. The lowest BCUT2D eigenvalue weighted by Gasteiger charge is -2.21. The summed E-state index contributed by atoms with van der Waals surface area (Å²) in [6.07, 6.45) is 4.12. The molecule has 0 saturated carbocycles.